The lowest BCUT2D eigenvalue weighted by atomic mass is 10.1. The smallest absolute Gasteiger partial charge is 0.171 e. The van der Waals surface area contributed by atoms with Crippen molar-refractivity contribution in [1.82, 2.24) is 0 Å². The fraction of sp³-hybridized carbons (Fsp3) is 0.750. The minimum Gasteiger partial charge on any atom is -0.171 e. The first-order valence-electron chi connectivity index (χ1n) is 3.64. The highest BCUT2D eigenvalue weighted by atomic mass is 19.4. The van der Waals surface area contributed by atoms with Gasteiger partial charge in [-0.1, -0.05) is 11.6 Å². The van der Waals surface area contributed by atoms with E-state index in [0.29, 0.717) is 6.42 Å². The molecule has 0 aliphatic rings. The molecule has 0 unspecified atom stereocenters. The van der Waals surface area contributed by atoms with Crippen molar-refractivity contribution >= 4 is 0 Å². The molecule has 0 aromatic carbocycles. The maximum absolute atomic E-state index is 11.6. The molecule has 0 radical (unpaired) electrons. The van der Waals surface area contributed by atoms with Gasteiger partial charge in [-0.15, -0.1) is 0 Å². The molecule has 3 heteroatoms. The van der Waals surface area contributed by atoms with Crippen LogP contribution in [0.2, 0.25) is 0 Å². The third-order valence-electron chi connectivity index (χ3n) is 1.52. The van der Waals surface area contributed by atoms with E-state index in [-0.39, 0.29) is 6.42 Å². The summed E-state index contributed by atoms with van der Waals surface area (Å²) in [5.41, 5.74) is 1.02. The van der Waals surface area contributed by atoms with E-state index in [0.717, 1.165) is 5.57 Å². The standard InChI is InChI=1S/C8H13F3/c1-3-7(2)5-4-6-8(9,10)11/h3H,4-6H2,1-2H3/b7-3-. The zero-order chi connectivity index (χ0) is 8.91. The third-order valence-corrected chi connectivity index (χ3v) is 1.52. The maximum Gasteiger partial charge on any atom is 0.389 e. The van der Waals surface area contributed by atoms with Crippen LogP contribution >= 0.6 is 0 Å². The minimum atomic E-state index is -3.99. The van der Waals surface area contributed by atoms with Crippen LogP contribution in [0.4, 0.5) is 13.2 Å². The number of hydrogen-bond acceptors (Lipinski definition) is 0. The first-order chi connectivity index (χ1) is 4.95. The summed E-state index contributed by atoms with van der Waals surface area (Å²) in [7, 11) is 0. The molecule has 0 aliphatic carbocycles. The SMILES string of the molecule is C/C=C(/C)CCCC(F)(F)F. The van der Waals surface area contributed by atoms with Gasteiger partial charge in [0.2, 0.25) is 0 Å². The van der Waals surface area contributed by atoms with Crippen LogP contribution in [-0.2, 0) is 0 Å². The first-order valence-corrected chi connectivity index (χ1v) is 3.64. The van der Waals surface area contributed by atoms with Crippen LogP contribution in [0.1, 0.15) is 33.1 Å². The van der Waals surface area contributed by atoms with Gasteiger partial charge in [0.1, 0.15) is 0 Å². The number of rotatable bonds is 3. The van der Waals surface area contributed by atoms with Gasteiger partial charge in [0.15, 0.2) is 0 Å². The van der Waals surface area contributed by atoms with Gasteiger partial charge >= 0.3 is 6.18 Å². The summed E-state index contributed by atoms with van der Waals surface area (Å²) in [5, 5.41) is 0. The van der Waals surface area contributed by atoms with Gasteiger partial charge in [0, 0.05) is 6.42 Å². The lowest BCUT2D eigenvalue weighted by Crippen LogP contribution is -2.06. The Morgan fingerprint density at radius 3 is 2.27 bits per heavy atom. The molecule has 0 amide bonds. The van der Waals surface area contributed by atoms with Crippen LogP contribution in [-0.4, -0.2) is 6.18 Å². The van der Waals surface area contributed by atoms with Crippen molar-refractivity contribution in [3.05, 3.63) is 11.6 Å². The number of allylic oxidation sites excluding steroid dienone is 2. The van der Waals surface area contributed by atoms with E-state index in [2.05, 4.69) is 0 Å². The van der Waals surface area contributed by atoms with Crippen molar-refractivity contribution < 1.29 is 13.2 Å². The molecule has 0 aromatic heterocycles. The van der Waals surface area contributed by atoms with Crippen molar-refractivity contribution in [2.75, 3.05) is 0 Å². The number of alkyl halides is 3. The fourth-order valence-electron chi connectivity index (χ4n) is 0.712. The van der Waals surface area contributed by atoms with Gasteiger partial charge in [-0.05, 0) is 26.7 Å². The van der Waals surface area contributed by atoms with E-state index in [4.69, 9.17) is 0 Å². The fourth-order valence-corrected chi connectivity index (χ4v) is 0.712. The van der Waals surface area contributed by atoms with Crippen molar-refractivity contribution in [3.63, 3.8) is 0 Å². The van der Waals surface area contributed by atoms with Gasteiger partial charge in [0.25, 0.3) is 0 Å². The Hall–Kier alpha value is -0.470. The quantitative estimate of drug-likeness (QED) is 0.561. The second-order valence-corrected chi connectivity index (χ2v) is 2.60. The largest absolute Gasteiger partial charge is 0.389 e. The van der Waals surface area contributed by atoms with Crippen LogP contribution in [0.3, 0.4) is 0 Å². The monoisotopic (exact) mass is 166 g/mol. The molecule has 66 valence electrons. The van der Waals surface area contributed by atoms with Gasteiger partial charge < -0.3 is 0 Å². The molecule has 0 rings (SSSR count). The molecule has 0 N–H and O–H groups in total. The second-order valence-electron chi connectivity index (χ2n) is 2.60. The lowest BCUT2D eigenvalue weighted by Gasteiger charge is -2.05. The summed E-state index contributed by atoms with van der Waals surface area (Å²) in [6, 6.07) is 0. The topological polar surface area (TPSA) is 0 Å². The molecule has 0 atom stereocenters. The van der Waals surface area contributed by atoms with Crippen molar-refractivity contribution in [3.8, 4) is 0 Å². The maximum atomic E-state index is 11.6. The number of hydrogen-bond donors (Lipinski definition) is 0. The Kier molecular flexibility index (Phi) is 4.23. The van der Waals surface area contributed by atoms with Gasteiger partial charge in [-0.3, -0.25) is 0 Å². The van der Waals surface area contributed by atoms with Crippen molar-refractivity contribution in [2.45, 2.75) is 39.3 Å². The van der Waals surface area contributed by atoms with Crippen LogP contribution in [0.5, 0.6) is 0 Å². The van der Waals surface area contributed by atoms with E-state index in [9.17, 15) is 13.2 Å². The normalized spacial score (nSPS) is 13.7. The summed E-state index contributed by atoms with van der Waals surface area (Å²) >= 11 is 0. The van der Waals surface area contributed by atoms with Crippen molar-refractivity contribution in [1.29, 1.82) is 0 Å². The molecule has 0 spiro atoms. The van der Waals surface area contributed by atoms with E-state index in [1.54, 1.807) is 0 Å². The summed E-state index contributed by atoms with van der Waals surface area (Å²) in [6.45, 7) is 3.68. The Balaban J connectivity index is 3.43. The van der Waals surface area contributed by atoms with Gasteiger partial charge in [0.05, 0.1) is 0 Å². The highest BCUT2D eigenvalue weighted by Gasteiger charge is 2.25. The Bertz CT molecular complexity index is 133. The van der Waals surface area contributed by atoms with Crippen LogP contribution in [0.25, 0.3) is 0 Å². The predicted molar refractivity (Wildman–Crippen MR) is 39.3 cm³/mol. The second kappa shape index (κ2) is 4.42. The molecule has 11 heavy (non-hydrogen) atoms. The molecule has 0 saturated carbocycles. The van der Waals surface area contributed by atoms with Crippen LogP contribution in [0, 0.1) is 0 Å². The van der Waals surface area contributed by atoms with Crippen LogP contribution in [0.15, 0.2) is 11.6 Å². The van der Waals surface area contributed by atoms with E-state index < -0.39 is 12.6 Å². The minimum absolute atomic E-state index is 0.208. The molecular weight excluding hydrogens is 153 g/mol. The van der Waals surface area contributed by atoms with E-state index in [1.165, 1.54) is 0 Å². The lowest BCUT2D eigenvalue weighted by molar-refractivity contribution is -0.135. The Morgan fingerprint density at radius 1 is 1.36 bits per heavy atom. The molecule has 0 bridgehead atoms. The average molecular weight is 166 g/mol. The molecular formula is C8H13F3. The number of halogens is 3. The molecule has 0 aromatic rings. The highest BCUT2D eigenvalue weighted by molar-refractivity contribution is 4.94. The zero-order valence-electron chi connectivity index (χ0n) is 6.83. The zero-order valence-corrected chi connectivity index (χ0v) is 6.83. The predicted octanol–water partition coefficient (Wildman–Crippen LogP) is 3.69. The van der Waals surface area contributed by atoms with Crippen molar-refractivity contribution in [2.24, 2.45) is 0 Å². The summed E-state index contributed by atoms with van der Waals surface area (Å²) in [4.78, 5) is 0. The first kappa shape index (κ1) is 10.5. The summed E-state index contributed by atoms with van der Waals surface area (Å²) < 4.78 is 34.8. The Morgan fingerprint density at radius 2 is 1.91 bits per heavy atom. The molecule has 0 fully saturated rings. The Labute approximate surface area is 65.1 Å². The summed E-state index contributed by atoms with van der Waals surface area (Å²) in [5.74, 6) is 0. The highest BCUT2D eigenvalue weighted by Crippen LogP contribution is 2.23. The average Bonchev–Trinajstić information content (AvgIpc) is 1.85. The van der Waals surface area contributed by atoms with E-state index in [1.807, 2.05) is 19.9 Å². The van der Waals surface area contributed by atoms with Gasteiger partial charge in [-0.25, -0.2) is 0 Å². The van der Waals surface area contributed by atoms with E-state index >= 15 is 0 Å². The van der Waals surface area contributed by atoms with Gasteiger partial charge in [-0.2, -0.15) is 13.2 Å². The molecule has 0 saturated heterocycles. The third kappa shape index (κ3) is 7.43. The van der Waals surface area contributed by atoms with Crippen LogP contribution < -0.4 is 0 Å². The molecule has 0 heterocycles. The summed E-state index contributed by atoms with van der Waals surface area (Å²) in [6.07, 6.45) is -2.06. The molecule has 0 aliphatic heterocycles. The molecule has 0 nitrogen and oxygen atoms in total.